The molecule has 1 atom stereocenters. The van der Waals surface area contributed by atoms with E-state index in [2.05, 4.69) is 15.4 Å². The molecule has 0 saturated heterocycles. The van der Waals surface area contributed by atoms with Crippen molar-refractivity contribution < 1.29 is 4.79 Å². The molecule has 1 heterocycles. The quantitative estimate of drug-likeness (QED) is 0.541. The molecule has 7 heteroatoms. The topological polar surface area (TPSA) is 85.8 Å². The Bertz CT molecular complexity index is 445. The summed E-state index contributed by atoms with van der Waals surface area (Å²) in [6.45, 7) is 1.90. The van der Waals surface area contributed by atoms with Gasteiger partial charge in [-0.15, -0.1) is 0 Å². The number of hydrogen-bond acceptors (Lipinski definition) is 5. The summed E-state index contributed by atoms with van der Waals surface area (Å²) in [5.74, 6) is 0.643. The molecule has 1 aromatic heterocycles. The van der Waals surface area contributed by atoms with Crippen LogP contribution in [0, 0.1) is 0 Å². The lowest BCUT2D eigenvalue weighted by atomic mass is 9.95. The number of aromatic nitrogens is 3. The minimum absolute atomic E-state index is 0.261. The van der Waals surface area contributed by atoms with E-state index in [1.165, 1.54) is 0 Å². The monoisotopic (exact) mass is 283 g/mol. The van der Waals surface area contributed by atoms with Gasteiger partial charge in [-0.3, -0.25) is 4.79 Å². The summed E-state index contributed by atoms with van der Waals surface area (Å²) in [6.07, 6.45) is 5.51. The van der Waals surface area contributed by atoms with E-state index >= 15 is 0 Å². The van der Waals surface area contributed by atoms with E-state index in [0.29, 0.717) is 6.04 Å². The van der Waals surface area contributed by atoms with Crippen LogP contribution in [0.25, 0.3) is 0 Å². The molecule has 6 nitrogen and oxygen atoms in total. The third kappa shape index (κ3) is 3.94. The van der Waals surface area contributed by atoms with Crippen molar-refractivity contribution in [2.75, 3.05) is 5.75 Å². The Morgan fingerprint density at radius 3 is 2.95 bits per heavy atom. The first-order valence-electron chi connectivity index (χ1n) is 6.56. The first-order chi connectivity index (χ1) is 9.01. The third-order valence-corrected chi connectivity index (χ3v) is 4.49. The van der Waals surface area contributed by atoms with Crippen LogP contribution < -0.4 is 11.1 Å². The third-order valence-electron chi connectivity index (χ3n) is 3.37. The smallest absolute Gasteiger partial charge is 0.237 e. The lowest BCUT2D eigenvalue weighted by Gasteiger charge is -2.27. The van der Waals surface area contributed by atoms with E-state index in [0.717, 1.165) is 36.6 Å². The Hall–Kier alpha value is -1.08. The van der Waals surface area contributed by atoms with Crippen molar-refractivity contribution in [3.63, 3.8) is 0 Å². The van der Waals surface area contributed by atoms with Gasteiger partial charge in [0.15, 0.2) is 5.16 Å². The van der Waals surface area contributed by atoms with Gasteiger partial charge in [-0.05, 0) is 32.6 Å². The Morgan fingerprint density at radius 2 is 2.42 bits per heavy atom. The standard InChI is InChI=1S/C12H21N5OS/c1-12(10(13)18,16-9-4-5-9)6-3-7-19-11-14-8-15-17(11)2/h8-9,16H,3-7H2,1-2H3,(H2,13,18). The van der Waals surface area contributed by atoms with Crippen LogP contribution in [-0.2, 0) is 11.8 Å². The van der Waals surface area contributed by atoms with Gasteiger partial charge >= 0.3 is 0 Å². The van der Waals surface area contributed by atoms with Crippen molar-refractivity contribution in [3.8, 4) is 0 Å². The summed E-state index contributed by atoms with van der Waals surface area (Å²) in [4.78, 5) is 15.7. The molecule has 19 heavy (non-hydrogen) atoms. The summed E-state index contributed by atoms with van der Waals surface area (Å²) in [5.41, 5.74) is 4.93. The molecule has 106 valence electrons. The molecule has 0 spiro atoms. The summed E-state index contributed by atoms with van der Waals surface area (Å²) in [6, 6.07) is 0.476. The van der Waals surface area contributed by atoms with Crippen LogP contribution in [0.1, 0.15) is 32.6 Å². The minimum atomic E-state index is -0.582. The lowest BCUT2D eigenvalue weighted by molar-refractivity contribution is -0.124. The molecule has 0 bridgehead atoms. The normalized spacial score (nSPS) is 18.2. The number of carbonyl (C=O) groups is 1. The number of nitrogens with zero attached hydrogens (tertiary/aromatic N) is 3. The number of rotatable bonds is 8. The van der Waals surface area contributed by atoms with E-state index in [-0.39, 0.29) is 5.91 Å². The van der Waals surface area contributed by atoms with Crippen LogP contribution in [0.15, 0.2) is 11.5 Å². The minimum Gasteiger partial charge on any atom is -0.368 e. The van der Waals surface area contributed by atoms with Crippen LogP contribution in [0.3, 0.4) is 0 Å². The number of carbonyl (C=O) groups excluding carboxylic acids is 1. The van der Waals surface area contributed by atoms with Gasteiger partial charge in [0, 0.05) is 18.8 Å². The SMILES string of the molecule is Cn1ncnc1SCCCC(C)(NC1CC1)C(N)=O. The van der Waals surface area contributed by atoms with Crippen LogP contribution in [0.4, 0.5) is 0 Å². The van der Waals surface area contributed by atoms with Gasteiger partial charge in [0.2, 0.25) is 5.91 Å². The fourth-order valence-electron chi connectivity index (χ4n) is 1.95. The molecule has 3 N–H and O–H groups in total. The molecule has 1 aromatic rings. The number of nitrogens with one attached hydrogen (secondary N) is 1. The second kappa shape index (κ2) is 5.92. The van der Waals surface area contributed by atoms with Crippen molar-refractivity contribution in [3.05, 3.63) is 6.33 Å². The highest BCUT2D eigenvalue weighted by molar-refractivity contribution is 7.99. The van der Waals surface area contributed by atoms with E-state index in [1.54, 1.807) is 22.8 Å². The van der Waals surface area contributed by atoms with Crippen molar-refractivity contribution in [1.82, 2.24) is 20.1 Å². The maximum absolute atomic E-state index is 11.6. The number of thioether (sulfide) groups is 1. The zero-order valence-corrected chi connectivity index (χ0v) is 12.2. The summed E-state index contributed by atoms with van der Waals surface area (Å²) in [7, 11) is 1.87. The number of aryl methyl sites for hydroxylation is 1. The van der Waals surface area contributed by atoms with Crippen LogP contribution in [0.2, 0.25) is 0 Å². The molecule has 2 rings (SSSR count). The van der Waals surface area contributed by atoms with Gasteiger partial charge in [0.1, 0.15) is 6.33 Å². The number of amides is 1. The van der Waals surface area contributed by atoms with Gasteiger partial charge in [0.05, 0.1) is 5.54 Å². The molecule has 1 aliphatic carbocycles. The predicted octanol–water partition coefficient (Wildman–Crippen LogP) is 0.683. The molecule has 0 radical (unpaired) electrons. The fourth-order valence-corrected chi connectivity index (χ4v) is 2.78. The molecule has 0 aliphatic heterocycles. The van der Waals surface area contributed by atoms with Gasteiger partial charge in [-0.2, -0.15) is 5.10 Å². The summed E-state index contributed by atoms with van der Waals surface area (Å²) >= 11 is 1.65. The second-order valence-electron chi connectivity index (χ2n) is 5.23. The molecular weight excluding hydrogens is 262 g/mol. The molecule has 1 aliphatic rings. The van der Waals surface area contributed by atoms with E-state index in [1.807, 2.05) is 14.0 Å². The van der Waals surface area contributed by atoms with Crippen LogP contribution >= 0.6 is 11.8 Å². The van der Waals surface area contributed by atoms with Crippen LogP contribution in [0.5, 0.6) is 0 Å². The van der Waals surface area contributed by atoms with Crippen molar-refractivity contribution in [2.24, 2.45) is 12.8 Å². The highest BCUT2D eigenvalue weighted by Crippen LogP contribution is 2.25. The molecule has 0 aromatic carbocycles. The highest BCUT2D eigenvalue weighted by Gasteiger charge is 2.36. The lowest BCUT2D eigenvalue weighted by Crippen LogP contribution is -2.54. The van der Waals surface area contributed by atoms with Crippen molar-refractivity contribution in [2.45, 2.75) is 49.3 Å². The van der Waals surface area contributed by atoms with Crippen molar-refractivity contribution >= 4 is 17.7 Å². The van der Waals surface area contributed by atoms with Gasteiger partial charge in [-0.1, -0.05) is 11.8 Å². The highest BCUT2D eigenvalue weighted by atomic mass is 32.2. The van der Waals surface area contributed by atoms with Gasteiger partial charge in [0.25, 0.3) is 0 Å². The number of nitrogens with two attached hydrogens (primary N) is 1. The molecular formula is C12H21N5OS. The molecule has 1 unspecified atom stereocenters. The maximum atomic E-state index is 11.6. The molecule has 1 amide bonds. The Morgan fingerprint density at radius 1 is 1.68 bits per heavy atom. The Kier molecular flexibility index (Phi) is 4.46. The number of primary amides is 1. The number of hydrogen-bond donors (Lipinski definition) is 2. The largest absolute Gasteiger partial charge is 0.368 e. The molecule has 1 saturated carbocycles. The van der Waals surface area contributed by atoms with E-state index < -0.39 is 5.54 Å². The predicted molar refractivity (Wildman–Crippen MR) is 74.7 cm³/mol. The summed E-state index contributed by atoms with van der Waals surface area (Å²) < 4.78 is 1.75. The molecule has 1 fully saturated rings. The Balaban J connectivity index is 1.76. The average Bonchev–Trinajstić information content (AvgIpc) is 3.06. The first-order valence-corrected chi connectivity index (χ1v) is 7.54. The van der Waals surface area contributed by atoms with Crippen LogP contribution in [-0.4, -0.2) is 38.0 Å². The summed E-state index contributed by atoms with van der Waals surface area (Å²) in [5, 5.41) is 8.27. The van der Waals surface area contributed by atoms with E-state index in [9.17, 15) is 4.79 Å². The first kappa shape index (κ1) is 14.3. The van der Waals surface area contributed by atoms with Gasteiger partial charge < -0.3 is 11.1 Å². The fraction of sp³-hybridized carbons (Fsp3) is 0.750. The van der Waals surface area contributed by atoms with Crippen molar-refractivity contribution in [1.29, 1.82) is 0 Å². The van der Waals surface area contributed by atoms with Gasteiger partial charge in [-0.25, -0.2) is 9.67 Å². The second-order valence-corrected chi connectivity index (χ2v) is 6.30. The zero-order valence-electron chi connectivity index (χ0n) is 11.4. The Labute approximate surface area is 117 Å². The zero-order chi connectivity index (χ0) is 13.9. The average molecular weight is 283 g/mol. The van der Waals surface area contributed by atoms with E-state index in [4.69, 9.17) is 5.73 Å². The maximum Gasteiger partial charge on any atom is 0.237 e.